The monoisotopic (exact) mass is 248 g/mol. The van der Waals surface area contributed by atoms with Gasteiger partial charge in [0.25, 0.3) is 0 Å². The van der Waals surface area contributed by atoms with E-state index >= 15 is 0 Å². The van der Waals surface area contributed by atoms with Crippen LogP contribution in [0.15, 0.2) is 24.3 Å². The summed E-state index contributed by atoms with van der Waals surface area (Å²) in [6.07, 6.45) is 0. The van der Waals surface area contributed by atoms with E-state index in [9.17, 15) is 0 Å². The van der Waals surface area contributed by atoms with Gasteiger partial charge in [0, 0.05) is 25.7 Å². The molecule has 2 atom stereocenters. The molecular formula is C15H24N2O. The average molecular weight is 248 g/mol. The van der Waals surface area contributed by atoms with Gasteiger partial charge in [-0.05, 0) is 31.1 Å². The Labute approximate surface area is 110 Å². The van der Waals surface area contributed by atoms with Crippen molar-refractivity contribution >= 4 is 0 Å². The van der Waals surface area contributed by atoms with Crippen molar-refractivity contribution in [3.63, 3.8) is 0 Å². The fraction of sp³-hybridized carbons (Fsp3) is 0.600. The molecule has 1 aliphatic heterocycles. The Hall–Kier alpha value is -0.900. The van der Waals surface area contributed by atoms with Gasteiger partial charge in [0.1, 0.15) is 0 Å². The van der Waals surface area contributed by atoms with Crippen LogP contribution in [0.3, 0.4) is 0 Å². The Morgan fingerprint density at radius 2 is 1.78 bits per heavy atom. The molecule has 0 radical (unpaired) electrons. The second-order valence-corrected chi connectivity index (χ2v) is 5.68. The van der Waals surface area contributed by atoms with Gasteiger partial charge in [-0.2, -0.15) is 0 Å². The number of hydrogen-bond donors (Lipinski definition) is 1. The number of likely N-dealkylation sites (tertiary alicyclic amines) is 1. The first-order valence-electron chi connectivity index (χ1n) is 6.67. The van der Waals surface area contributed by atoms with Gasteiger partial charge in [0.2, 0.25) is 0 Å². The maximum atomic E-state index is 9.03. The molecule has 0 saturated carbocycles. The molecule has 3 nitrogen and oxygen atoms in total. The lowest BCUT2D eigenvalue weighted by molar-refractivity contribution is 0.250. The lowest BCUT2D eigenvalue weighted by atomic mass is 10.1. The van der Waals surface area contributed by atoms with Gasteiger partial charge < -0.3 is 10.0 Å². The van der Waals surface area contributed by atoms with Crippen molar-refractivity contribution in [3.8, 4) is 0 Å². The zero-order chi connectivity index (χ0) is 13.1. The Balaban J connectivity index is 1.94. The van der Waals surface area contributed by atoms with Crippen LogP contribution in [0.25, 0.3) is 0 Å². The second-order valence-electron chi connectivity index (χ2n) is 5.68. The number of aliphatic hydroxyl groups is 1. The summed E-state index contributed by atoms with van der Waals surface area (Å²) >= 11 is 0. The van der Waals surface area contributed by atoms with Crippen molar-refractivity contribution in [2.24, 2.45) is 5.92 Å². The fourth-order valence-electron chi connectivity index (χ4n) is 2.86. The highest BCUT2D eigenvalue weighted by molar-refractivity contribution is 5.22. The number of nitrogens with zero attached hydrogens (tertiary/aromatic N) is 2. The summed E-state index contributed by atoms with van der Waals surface area (Å²) in [5.41, 5.74) is 2.32. The summed E-state index contributed by atoms with van der Waals surface area (Å²) in [6, 6.07) is 8.94. The normalized spacial score (nSPS) is 24.9. The first kappa shape index (κ1) is 13.5. The average Bonchev–Trinajstić information content (AvgIpc) is 2.71. The zero-order valence-corrected chi connectivity index (χ0v) is 11.6. The van der Waals surface area contributed by atoms with Crippen LogP contribution < -0.4 is 0 Å². The SMILES string of the molecule is CC1CN(Cc2ccc(CO)cc2)CC1N(C)C. The van der Waals surface area contributed by atoms with E-state index < -0.39 is 0 Å². The van der Waals surface area contributed by atoms with E-state index in [-0.39, 0.29) is 6.61 Å². The predicted molar refractivity (Wildman–Crippen MR) is 74.3 cm³/mol. The van der Waals surface area contributed by atoms with E-state index in [1.165, 1.54) is 12.1 Å². The summed E-state index contributed by atoms with van der Waals surface area (Å²) in [4.78, 5) is 4.85. The smallest absolute Gasteiger partial charge is 0.0681 e. The Bertz CT molecular complexity index is 375. The molecule has 0 aromatic heterocycles. The molecule has 1 fully saturated rings. The molecule has 1 saturated heterocycles. The molecular weight excluding hydrogens is 224 g/mol. The summed E-state index contributed by atoms with van der Waals surface area (Å²) in [5, 5.41) is 9.03. The quantitative estimate of drug-likeness (QED) is 0.876. The van der Waals surface area contributed by atoms with Crippen molar-refractivity contribution in [2.75, 3.05) is 27.2 Å². The van der Waals surface area contributed by atoms with E-state index in [1.807, 2.05) is 12.1 Å². The zero-order valence-electron chi connectivity index (χ0n) is 11.6. The number of likely N-dealkylation sites (N-methyl/N-ethyl adjacent to an activating group) is 1. The number of benzene rings is 1. The second kappa shape index (κ2) is 5.83. The van der Waals surface area contributed by atoms with Crippen LogP contribution in [0, 0.1) is 5.92 Å². The van der Waals surface area contributed by atoms with E-state index in [2.05, 4.69) is 43.0 Å². The van der Waals surface area contributed by atoms with Gasteiger partial charge in [-0.3, -0.25) is 4.90 Å². The number of aliphatic hydroxyl groups excluding tert-OH is 1. The topological polar surface area (TPSA) is 26.7 Å². The van der Waals surface area contributed by atoms with Crippen LogP contribution in [0.2, 0.25) is 0 Å². The standard InChI is InChI=1S/C15H24N2O/c1-12-8-17(10-15(12)16(2)3)9-13-4-6-14(11-18)7-5-13/h4-7,12,15,18H,8-11H2,1-3H3. The van der Waals surface area contributed by atoms with Crippen LogP contribution >= 0.6 is 0 Å². The third kappa shape index (κ3) is 3.10. The highest BCUT2D eigenvalue weighted by Gasteiger charge is 2.30. The van der Waals surface area contributed by atoms with Crippen molar-refractivity contribution in [2.45, 2.75) is 26.1 Å². The first-order valence-corrected chi connectivity index (χ1v) is 6.67. The van der Waals surface area contributed by atoms with Crippen LogP contribution in [0.1, 0.15) is 18.1 Å². The van der Waals surface area contributed by atoms with Crippen molar-refractivity contribution in [1.82, 2.24) is 9.80 Å². The van der Waals surface area contributed by atoms with E-state index in [0.717, 1.165) is 24.6 Å². The molecule has 1 aliphatic rings. The minimum absolute atomic E-state index is 0.129. The summed E-state index contributed by atoms with van der Waals surface area (Å²) in [7, 11) is 4.33. The molecule has 1 aromatic carbocycles. The molecule has 1 aromatic rings. The summed E-state index contributed by atoms with van der Waals surface area (Å²) in [6.45, 7) is 5.80. The Morgan fingerprint density at radius 1 is 1.17 bits per heavy atom. The van der Waals surface area contributed by atoms with E-state index in [0.29, 0.717) is 6.04 Å². The highest BCUT2D eigenvalue weighted by Crippen LogP contribution is 2.21. The van der Waals surface area contributed by atoms with E-state index in [1.54, 1.807) is 0 Å². The first-order chi connectivity index (χ1) is 8.60. The van der Waals surface area contributed by atoms with Crippen LogP contribution in [-0.2, 0) is 13.2 Å². The molecule has 3 heteroatoms. The minimum Gasteiger partial charge on any atom is -0.392 e. The van der Waals surface area contributed by atoms with Gasteiger partial charge in [0.05, 0.1) is 6.61 Å². The van der Waals surface area contributed by atoms with Gasteiger partial charge in [-0.1, -0.05) is 31.2 Å². The van der Waals surface area contributed by atoms with Crippen molar-refractivity contribution in [1.29, 1.82) is 0 Å². The van der Waals surface area contributed by atoms with Gasteiger partial charge in [-0.25, -0.2) is 0 Å². The maximum Gasteiger partial charge on any atom is 0.0681 e. The number of hydrogen-bond acceptors (Lipinski definition) is 3. The molecule has 18 heavy (non-hydrogen) atoms. The molecule has 0 spiro atoms. The molecule has 100 valence electrons. The van der Waals surface area contributed by atoms with Gasteiger partial charge >= 0.3 is 0 Å². The van der Waals surface area contributed by atoms with Gasteiger partial charge in [-0.15, -0.1) is 0 Å². The van der Waals surface area contributed by atoms with Crippen LogP contribution in [0.4, 0.5) is 0 Å². The minimum atomic E-state index is 0.129. The number of rotatable bonds is 4. The highest BCUT2D eigenvalue weighted by atomic mass is 16.3. The molecule has 0 bridgehead atoms. The predicted octanol–water partition coefficient (Wildman–Crippen LogP) is 1.56. The molecule has 2 rings (SSSR count). The molecule has 1 heterocycles. The van der Waals surface area contributed by atoms with Crippen molar-refractivity contribution in [3.05, 3.63) is 35.4 Å². The summed E-state index contributed by atoms with van der Waals surface area (Å²) in [5.74, 6) is 0.733. The van der Waals surface area contributed by atoms with Crippen molar-refractivity contribution < 1.29 is 5.11 Å². The maximum absolute atomic E-state index is 9.03. The lowest BCUT2D eigenvalue weighted by Crippen LogP contribution is -2.34. The molecule has 0 aliphatic carbocycles. The molecule has 1 N–H and O–H groups in total. The van der Waals surface area contributed by atoms with Crippen LogP contribution in [0.5, 0.6) is 0 Å². The Kier molecular flexibility index (Phi) is 4.38. The summed E-state index contributed by atoms with van der Waals surface area (Å²) < 4.78 is 0. The Morgan fingerprint density at radius 3 is 2.28 bits per heavy atom. The van der Waals surface area contributed by atoms with Gasteiger partial charge in [0.15, 0.2) is 0 Å². The third-order valence-electron chi connectivity index (χ3n) is 3.92. The fourth-order valence-corrected chi connectivity index (χ4v) is 2.86. The van der Waals surface area contributed by atoms with E-state index in [4.69, 9.17) is 5.11 Å². The molecule has 2 unspecified atom stereocenters. The third-order valence-corrected chi connectivity index (χ3v) is 3.92. The molecule has 0 amide bonds. The lowest BCUT2D eigenvalue weighted by Gasteiger charge is -2.22. The van der Waals surface area contributed by atoms with Crippen LogP contribution in [-0.4, -0.2) is 48.1 Å². The largest absolute Gasteiger partial charge is 0.392 e.